The zero-order valence-electron chi connectivity index (χ0n) is 33.5. The van der Waals surface area contributed by atoms with Crippen molar-refractivity contribution in [3.05, 3.63) is 125 Å². The van der Waals surface area contributed by atoms with Gasteiger partial charge in [0.05, 0.1) is 39.9 Å². The van der Waals surface area contributed by atoms with Crippen molar-refractivity contribution in [2.75, 3.05) is 54.1 Å². The van der Waals surface area contributed by atoms with Crippen LogP contribution in [0.4, 0.5) is 0 Å². The van der Waals surface area contributed by atoms with Gasteiger partial charge in [-0.15, -0.1) is 0 Å². The molecule has 304 valence electrons. The number of ether oxygens (including phenoxy) is 3. The van der Waals surface area contributed by atoms with Crippen LogP contribution in [0.3, 0.4) is 0 Å². The fraction of sp³-hybridized carbons (Fsp3) is 0.413. The summed E-state index contributed by atoms with van der Waals surface area (Å²) in [7, 11) is 4.65. The summed E-state index contributed by atoms with van der Waals surface area (Å²) in [6, 6.07) is 32.1. The maximum atomic E-state index is 14.4. The third kappa shape index (κ3) is 13.1. The Morgan fingerprint density at radius 1 is 0.737 bits per heavy atom. The minimum Gasteiger partial charge on any atom is -0.493 e. The first kappa shape index (κ1) is 42.7. The average Bonchev–Trinajstić information content (AvgIpc) is 3.24. The van der Waals surface area contributed by atoms with Gasteiger partial charge in [-0.25, -0.2) is 0 Å². The van der Waals surface area contributed by atoms with Gasteiger partial charge in [-0.3, -0.25) is 19.3 Å². The molecule has 1 saturated heterocycles. The maximum Gasteiger partial charge on any atom is 0.244 e. The third-order valence-corrected chi connectivity index (χ3v) is 10.5. The smallest absolute Gasteiger partial charge is 0.244 e. The van der Waals surface area contributed by atoms with Crippen LogP contribution in [0.2, 0.25) is 0 Å². The monoisotopic (exact) mass is 778 g/mol. The summed E-state index contributed by atoms with van der Waals surface area (Å²) >= 11 is 0. The molecule has 3 amide bonds. The lowest BCUT2D eigenvalue weighted by Gasteiger charge is -2.41. The number of carbonyl (C=O) groups is 3. The Hall–Kier alpha value is -5.39. The summed E-state index contributed by atoms with van der Waals surface area (Å²) in [5.41, 5.74) is 4.20. The summed E-state index contributed by atoms with van der Waals surface area (Å²) in [5.74, 6) is 0.695. The normalized spacial score (nSPS) is 15.3. The molecule has 1 heterocycles. The molecule has 0 spiro atoms. The molecule has 0 aromatic heterocycles. The van der Waals surface area contributed by atoms with E-state index in [1.165, 1.54) is 11.1 Å². The molecule has 0 radical (unpaired) electrons. The van der Waals surface area contributed by atoms with E-state index in [9.17, 15) is 19.5 Å². The largest absolute Gasteiger partial charge is 0.493 e. The van der Waals surface area contributed by atoms with Crippen LogP contribution >= 0.6 is 0 Å². The van der Waals surface area contributed by atoms with Crippen LogP contribution in [0, 0.1) is 0 Å². The lowest BCUT2D eigenvalue weighted by Crippen LogP contribution is -2.62. The minimum absolute atomic E-state index is 0.150. The van der Waals surface area contributed by atoms with Gasteiger partial charge in [0.25, 0.3) is 0 Å². The highest BCUT2D eigenvalue weighted by molar-refractivity contribution is 5.88. The first-order chi connectivity index (χ1) is 27.8. The second kappa shape index (κ2) is 22.4. The number of methoxy groups -OCH3 is 3. The van der Waals surface area contributed by atoms with Gasteiger partial charge >= 0.3 is 0 Å². The molecule has 5 rings (SSSR count). The molecule has 4 aromatic carbocycles. The first-order valence-corrected chi connectivity index (χ1v) is 20.0. The Bertz CT molecular complexity index is 1820. The van der Waals surface area contributed by atoms with Gasteiger partial charge in [-0.05, 0) is 79.5 Å². The zero-order valence-corrected chi connectivity index (χ0v) is 33.5. The molecule has 0 saturated carbocycles. The first-order valence-electron chi connectivity index (χ1n) is 20.0. The molecular weight excluding hydrogens is 721 g/mol. The van der Waals surface area contributed by atoms with E-state index in [0.717, 1.165) is 43.4 Å². The van der Waals surface area contributed by atoms with Crippen LogP contribution in [0.1, 0.15) is 47.9 Å². The van der Waals surface area contributed by atoms with Crippen LogP contribution in [0.5, 0.6) is 17.2 Å². The summed E-state index contributed by atoms with van der Waals surface area (Å²) in [5, 5.41) is 17.5. The Morgan fingerprint density at radius 3 is 1.89 bits per heavy atom. The predicted octanol–water partition coefficient (Wildman–Crippen LogP) is 5.02. The zero-order chi connectivity index (χ0) is 40.4. The van der Waals surface area contributed by atoms with E-state index in [1.807, 2.05) is 78.9 Å². The molecule has 0 bridgehead atoms. The van der Waals surface area contributed by atoms with Crippen LogP contribution in [0.25, 0.3) is 0 Å². The Kier molecular flexibility index (Phi) is 16.8. The summed E-state index contributed by atoms with van der Waals surface area (Å²) < 4.78 is 16.5. The molecule has 11 nitrogen and oxygen atoms in total. The van der Waals surface area contributed by atoms with Crippen LogP contribution < -0.4 is 24.8 Å². The molecule has 1 aliphatic heterocycles. The van der Waals surface area contributed by atoms with Gasteiger partial charge in [-0.1, -0.05) is 91.0 Å². The number of benzene rings is 4. The van der Waals surface area contributed by atoms with Crippen molar-refractivity contribution in [2.45, 2.75) is 69.6 Å². The van der Waals surface area contributed by atoms with Gasteiger partial charge in [0.15, 0.2) is 11.5 Å². The Labute approximate surface area is 337 Å². The van der Waals surface area contributed by atoms with E-state index >= 15 is 0 Å². The molecule has 3 N–H and O–H groups in total. The second-order valence-electron chi connectivity index (χ2n) is 14.5. The summed E-state index contributed by atoms with van der Waals surface area (Å²) in [4.78, 5) is 45.4. The van der Waals surface area contributed by atoms with Crippen molar-refractivity contribution in [1.82, 2.24) is 20.4 Å². The average molecular weight is 779 g/mol. The molecule has 57 heavy (non-hydrogen) atoms. The lowest BCUT2D eigenvalue weighted by molar-refractivity contribution is -0.144. The number of hydrogen-bond donors (Lipinski definition) is 3. The molecule has 0 aliphatic carbocycles. The highest BCUT2D eigenvalue weighted by Gasteiger charge is 2.37. The maximum absolute atomic E-state index is 14.4. The van der Waals surface area contributed by atoms with Gasteiger partial charge in [0, 0.05) is 32.6 Å². The van der Waals surface area contributed by atoms with Gasteiger partial charge in [0.1, 0.15) is 6.04 Å². The van der Waals surface area contributed by atoms with E-state index in [0.29, 0.717) is 56.3 Å². The van der Waals surface area contributed by atoms with Crippen molar-refractivity contribution < 1.29 is 33.7 Å². The van der Waals surface area contributed by atoms with Crippen molar-refractivity contribution in [3.8, 4) is 17.2 Å². The molecule has 1 aliphatic rings. The standard InChI is InChI=1S/C46H58N4O7/c1-55-41-30-37(31-42(56-2)45(41)57-3)23-24-44(53)50-28-27-49(26-14-22-35-17-9-5-10-18-35)33-39(50)46(54)48-38(29-36-19-11-6-12-20-36)40(51)32-43(52)47-25-13-21-34-15-7-4-8-16-34/h4-12,15-20,30-31,38-40,51H,13-14,21-29,32-33H2,1-3H3,(H,47,52)(H,48,54). The topological polar surface area (TPSA) is 130 Å². The minimum atomic E-state index is -1.15. The quantitative estimate of drug-likeness (QED) is 0.101. The highest BCUT2D eigenvalue weighted by atomic mass is 16.5. The van der Waals surface area contributed by atoms with E-state index in [4.69, 9.17) is 14.2 Å². The van der Waals surface area contributed by atoms with Gasteiger partial charge in [0.2, 0.25) is 23.5 Å². The molecule has 11 heteroatoms. The number of nitrogens with one attached hydrogen (secondary N) is 2. The fourth-order valence-electron chi connectivity index (χ4n) is 7.39. The van der Waals surface area contributed by atoms with Crippen molar-refractivity contribution in [2.24, 2.45) is 0 Å². The van der Waals surface area contributed by atoms with E-state index in [1.54, 1.807) is 26.2 Å². The Morgan fingerprint density at radius 2 is 1.32 bits per heavy atom. The SMILES string of the molecule is COc1cc(CCC(=O)N2CCN(CCCc3ccccc3)CC2C(=O)NC(Cc2ccccc2)C(O)CC(=O)NCCCc2ccccc2)cc(OC)c1OC. The number of rotatable bonds is 21. The van der Waals surface area contributed by atoms with Crippen LogP contribution in [0.15, 0.2) is 103 Å². The Balaban J connectivity index is 1.28. The number of amides is 3. The highest BCUT2D eigenvalue weighted by Crippen LogP contribution is 2.38. The molecule has 4 aromatic rings. The second-order valence-corrected chi connectivity index (χ2v) is 14.5. The molecule has 3 unspecified atom stereocenters. The lowest BCUT2D eigenvalue weighted by atomic mass is 9.98. The van der Waals surface area contributed by atoms with E-state index in [2.05, 4.69) is 39.8 Å². The van der Waals surface area contributed by atoms with Crippen LogP contribution in [-0.2, 0) is 40.1 Å². The number of hydrogen-bond acceptors (Lipinski definition) is 8. The van der Waals surface area contributed by atoms with E-state index in [-0.39, 0.29) is 30.6 Å². The van der Waals surface area contributed by atoms with Gasteiger partial charge < -0.3 is 34.9 Å². The third-order valence-electron chi connectivity index (χ3n) is 10.5. The number of aliphatic hydroxyl groups is 1. The predicted molar refractivity (Wildman–Crippen MR) is 222 cm³/mol. The van der Waals surface area contributed by atoms with Crippen molar-refractivity contribution >= 4 is 17.7 Å². The van der Waals surface area contributed by atoms with Crippen molar-refractivity contribution in [1.29, 1.82) is 0 Å². The van der Waals surface area contributed by atoms with Crippen molar-refractivity contribution in [3.63, 3.8) is 0 Å². The molecular formula is C46H58N4O7. The molecule has 3 atom stereocenters. The number of carbonyl (C=O) groups excluding carboxylic acids is 3. The van der Waals surface area contributed by atoms with Crippen LogP contribution in [-0.4, -0.2) is 105 Å². The number of piperazine rings is 1. The van der Waals surface area contributed by atoms with E-state index < -0.39 is 18.2 Å². The number of nitrogens with zero attached hydrogens (tertiary/aromatic N) is 2. The number of aryl methyl sites for hydroxylation is 3. The summed E-state index contributed by atoms with van der Waals surface area (Å²) in [6.07, 6.45) is 2.97. The fourth-order valence-corrected chi connectivity index (χ4v) is 7.39. The van der Waals surface area contributed by atoms with Gasteiger partial charge in [-0.2, -0.15) is 0 Å². The summed E-state index contributed by atoms with van der Waals surface area (Å²) in [6.45, 7) is 2.62. The molecule has 1 fully saturated rings. The number of aliphatic hydroxyl groups excluding tert-OH is 1.